The predicted octanol–water partition coefficient (Wildman–Crippen LogP) is 4.31. The van der Waals surface area contributed by atoms with Crippen LogP contribution in [0.1, 0.15) is 40.7 Å². The van der Waals surface area contributed by atoms with E-state index in [9.17, 15) is 22.8 Å². The molecule has 0 saturated carbocycles. The van der Waals surface area contributed by atoms with E-state index in [4.69, 9.17) is 0 Å². The largest absolute Gasteiger partial charge is 0.418 e. The zero-order valence-electron chi connectivity index (χ0n) is 17.1. The monoisotopic (exact) mass is 429 g/mol. The molecule has 1 amide bonds. The van der Waals surface area contributed by atoms with Gasteiger partial charge in [-0.2, -0.15) is 18.3 Å². The van der Waals surface area contributed by atoms with Gasteiger partial charge in [0.15, 0.2) is 5.69 Å². The molecule has 31 heavy (non-hydrogen) atoms. The number of carbonyl (C=O) groups excluding carboxylic acids is 1. The molecule has 8 heteroatoms. The quantitative estimate of drug-likeness (QED) is 0.635. The highest BCUT2D eigenvalue weighted by molar-refractivity contribution is 5.92. The van der Waals surface area contributed by atoms with E-state index in [1.807, 2.05) is 30.3 Å². The lowest BCUT2D eigenvalue weighted by Crippen LogP contribution is -2.37. The van der Waals surface area contributed by atoms with Gasteiger partial charge in [-0.15, -0.1) is 0 Å². The van der Waals surface area contributed by atoms with Gasteiger partial charge in [0.1, 0.15) is 0 Å². The van der Waals surface area contributed by atoms with Crippen LogP contribution >= 0.6 is 0 Å². The molecule has 5 nitrogen and oxygen atoms in total. The van der Waals surface area contributed by atoms with E-state index in [2.05, 4.69) is 10.4 Å². The summed E-state index contributed by atoms with van der Waals surface area (Å²) >= 11 is 0. The number of amides is 1. The number of alkyl halides is 3. The molecule has 0 aliphatic carbocycles. The highest BCUT2D eigenvalue weighted by atomic mass is 19.4. The Labute approximate surface area is 177 Å². The maximum Gasteiger partial charge on any atom is 0.418 e. The van der Waals surface area contributed by atoms with E-state index in [0.29, 0.717) is 6.42 Å². The number of hydrogen-bond donors (Lipinski definition) is 1. The van der Waals surface area contributed by atoms with Gasteiger partial charge in [-0.25, -0.2) is 4.68 Å². The number of hydrogen-bond acceptors (Lipinski definition) is 3. The van der Waals surface area contributed by atoms with Crippen molar-refractivity contribution in [2.75, 3.05) is 0 Å². The number of rotatable bonds is 6. The summed E-state index contributed by atoms with van der Waals surface area (Å²) in [6, 6.07) is 15.5. The third-order valence-electron chi connectivity index (χ3n) is 4.85. The third-order valence-corrected chi connectivity index (χ3v) is 4.85. The van der Waals surface area contributed by atoms with Crippen LogP contribution in [0.3, 0.4) is 0 Å². The number of para-hydroxylation sites is 1. The highest BCUT2D eigenvalue weighted by Gasteiger charge is 2.34. The molecule has 1 N–H and O–H groups in total. The second-order valence-electron chi connectivity index (χ2n) is 7.32. The van der Waals surface area contributed by atoms with E-state index in [-0.39, 0.29) is 17.4 Å². The van der Waals surface area contributed by atoms with Gasteiger partial charge < -0.3 is 5.32 Å². The average molecular weight is 429 g/mol. The molecule has 162 valence electrons. The van der Waals surface area contributed by atoms with E-state index in [1.54, 1.807) is 6.92 Å². The van der Waals surface area contributed by atoms with Crippen LogP contribution in [0.5, 0.6) is 0 Å². The number of carbonyl (C=O) groups is 1. The van der Waals surface area contributed by atoms with Crippen molar-refractivity contribution in [3.63, 3.8) is 0 Å². The highest BCUT2D eigenvalue weighted by Crippen LogP contribution is 2.33. The van der Waals surface area contributed by atoms with Gasteiger partial charge in [0.05, 0.1) is 11.3 Å². The average Bonchev–Trinajstić information content (AvgIpc) is 2.72. The zero-order chi connectivity index (χ0) is 22.6. The Kier molecular flexibility index (Phi) is 6.58. The van der Waals surface area contributed by atoms with Gasteiger partial charge in [0.2, 0.25) is 5.43 Å². The number of halogens is 3. The fraction of sp³-hybridized carbons (Fsp3) is 0.261. The molecule has 1 heterocycles. The lowest BCUT2D eigenvalue weighted by molar-refractivity contribution is -0.137. The maximum absolute atomic E-state index is 13.4. The maximum atomic E-state index is 13.4. The number of nitrogens with one attached hydrogen (secondary N) is 1. The van der Waals surface area contributed by atoms with E-state index in [1.165, 1.54) is 25.1 Å². The van der Waals surface area contributed by atoms with Crippen molar-refractivity contribution < 1.29 is 18.0 Å². The summed E-state index contributed by atoms with van der Waals surface area (Å²) in [5.41, 5.74) is -0.950. The first-order valence-electron chi connectivity index (χ1n) is 9.79. The molecule has 0 unspecified atom stereocenters. The number of benzene rings is 2. The minimum atomic E-state index is -4.61. The Bertz CT molecular complexity index is 1120. The molecule has 0 saturated heterocycles. The standard InChI is InChI=1S/C23H22F3N3O2/c1-15(12-13-17-8-4-3-5-9-17)27-22(31)21-20(30)14-16(2)29(28-21)19-11-7-6-10-18(19)23(24,25)26/h3-11,14-15H,12-13H2,1-2H3,(H,27,31)/t15-/m1/s1. The van der Waals surface area contributed by atoms with Crippen molar-refractivity contribution in [1.82, 2.24) is 15.1 Å². The second kappa shape index (κ2) is 9.16. The van der Waals surface area contributed by atoms with Gasteiger partial charge >= 0.3 is 6.18 Å². The first-order chi connectivity index (χ1) is 14.7. The summed E-state index contributed by atoms with van der Waals surface area (Å²) in [6.07, 6.45) is -3.25. The zero-order valence-corrected chi connectivity index (χ0v) is 17.1. The van der Waals surface area contributed by atoms with Crippen molar-refractivity contribution in [1.29, 1.82) is 0 Å². The molecule has 0 radical (unpaired) electrons. The van der Waals surface area contributed by atoms with Crippen LogP contribution in [0, 0.1) is 6.92 Å². The van der Waals surface area contributed by atoms with Crippen LogP contribution in [0.2, 0.25) is 0 Å². The summed E-state index contributed by atoms with van der Waals surface area (Å²) in [4.78, 5) is 25.0. The van der Waals surface area contributed by atoms with E-state index in [0.717, 1.165) is 28.8 Å². The summed E-state index contributed by atoms with van der Waals surface area (Å²) in [5, 5.41) is 6.69. The first kappa shape index (κ1) is 22.3. The minimum Gasteiger partial charge on any atom is -0.348 e. The van der Waals surface area contributed by atoms with Crippen LogP contribution in [0.15, 0.2) is 65.5 Å². The van der Waals surface area contributed by atoms with Gasteiger partial charge in [0.25, 0.3) is 5.91 Å². The predicted molar refractivity (Wildman–Crippen MR) is 111 cm³/mol. The van der Waals surface area contributed by atoms with Crippen molar-refractivity contribution in [2.24, 2.45) is 0 Å². The van der Waals surface area contributed by atoms with E-state index >= 15 is 0 Å². The summed E-state index contributed by atoms with van der Waals surface area (Å²) in [5.74, 6) is -0.719. The number of aromatic nitrogens is 2. The third kappa shape index (κ3) is 5.39. The van der Waals surface area contributed by atoms with Crippen LogP contribution in [0.4, 0.5) is 13.2 Å². The van der Waals surface area contributed by atoms with Crippen LogP contribution in [-0.4, -0.2) is 21.7 Å². The number of nitrogens with zero attached hydrogens (tertiary/aromatic N) is 2. The molecular formula is C23H22F3N3O2. The van der Waals surface area contributed by atoms with Crippen molar-refractivity contribution in [3.05, 3.63) is 93.4 Å². The van der Waals surface area contributed by atoms with Crippen LogP contribution < -0.4 is 10.7 Å². The summed E-state index contributed by atoms with van der Waals surface area (Å²) in [6.45, 7) is 3.26. The molecule has 0 bridgehead atoms. The van der Waals surface area contributed by atoms with Gasteiger partial charge in [-0.1, -0.05) is 42.5 Å². The smallest absolute Gasteiger partial charge is 0.348 e. The normalized spacial score (nSPS) is 12.4. The first-order valence-corrected chi connectivity index (χ1v) is 9.79. The molecular weight excluding hydrogens is 407 g/mol. The summed E-state index contributed by atoms with van der Waals surface area (Å²) in [7, 11) is 0. The molecule has 3 rings (SSSR count). The lowest BCUT2D eigenvalue weighted by Gasteiger charge is -2.17. The SMILES string of the molecule is Cc1cc(=O)c(C(=O)N[C@H](C)CCc2ccccc2)nn1-c1ccccc1C(F)(F)F. The topological polar surface area (TPSA) is 64.0 Å². The Morgan fingerprint density at radius 2 is 1.74 bits per heavy atom. The Balaban J connectivity index is 1.85. The Hall–Kier alpha value is -3.42. The Morgan fingerprint density at radius 3 is 2.42 bits per heavy atom. The van der Waals surface area contributed by atoms with Crippen molar-refractivity contribution in [2.45, 2.75) is 38.9 Å². The van der Waals surface area contributed by atoms with Gasteiger partial charge in [-0.3, -0.25) is 9.59 Å². The molecule has 3 aromatic rings. The Morgan fingerprint density at radius 1 is 1.10 bits per heavy atom. The molecule has 0 fully saturated rings. The van der Waals surface area contributed by atoms with Crippen LogP contribution in [0.25, 0.3) is 5.69 Å². The molecule has 1 atom stereocenters. The summed E-state index contributed by atoms with van der Waals surface area (Å²) < 4.78 is 41.2. The second-order valence-corrected chi connectivity index (χ2v) is 7.32. The van der Waals surface area contributed by atoms with Crippen molar-refractivity contribution >= 4 is 5.91 Å². The molecule has 0 aliphatic heterocycles. The molecule has 1 aromatic heterocycles. The fourth-order valence-corrected chi connectivity index (χ4v) is 3.24. The minimum absolute atomic E-state index is 0.190. The van der Waals surface area contributed by atoms with Gasteiger partial charge in [-0.05, 0) is 44.4 Å². The molecule has 0 spiro atoms. The van der Waals surface area contributed by atoms with Crippen molar-refractivity contribution in [3.8, 4) is 5.69 Å². The molecule has 2 aromatic carbocycles. The van der Waals surface area contributed by atoms with E-state index < -0.39 is 28.8 Å². The lowest BCUT2D eigenvalue weighted by atomic mass is 10.1. The van der Waals surface area contributed by atoms with Crippen LogP contribution in [-0.2, 0) is 12.6 Å². The number of aryl methyl sites for hydroxylation is 2. The van der Waals surface area contributed by atoms with Gasteiger partial charge in [0, 0.05) is 17.8 Å². The molecule has 0 aliphatic rings. The fourth-order valence-electron chi connectivity index (χ4n) is 3.24.